The maximum Gasteiger partial charge on any atom is 0.325 e. The zero-order chi connectivity index (χ0) is 17.3. The van der Waals surface area contributed by atoms with Gasteiger partial charge in [-0.2, -0.15) is 5.10 Å². The Morgan fingerprint density at radius 3 is 2.29 bits per heavy atom. The lowest BCUT2D eigenvalue weighted by atomic mass is 10.0. The van der Waals surface area contributed by atoms with Gasteiger partial charge in [0.1, 0.15) is 6.04 Å². The molecule has 0 aliphatic carbocycles. The fourth-order valence-corrected chi connectivity index (χ4v) is 3.44. The Morgan fingerprint density at radius 2 is 1.79 bits per heavy atom. The molecular formula is C17H23N5O2. The maximum absolute atomic E-state index is 12.0. The highest BCUT2D eigenvalue weighted by Gasteiger charge is 2.34. The van der Waals surface area contributed by atoms with Crippen molar-refractivity contribution >= 4 is 11.7 Å². The van der Waals surface area contributed by atoms with E-state index in [0.717, 1.165) is 35.7 Å². The van der Waals surface area contributed by atoms with Crippen molar-refractivity contribution in [2.45, 2.75) is 19.9 Å². The van der Waals surface area contributed by atoms with Crippen LogP contribution >= 0.6 is 0 Å². The molecule has 1 fully saturated rings. The Balaban J connectivity index is 1.79. The molecule has 128 valence electrons. The minimum Gasteiger partial charge on any atom is -0.480 e. The van der Waals surface area contributed by atoms with E-state index in [0.29, 0.717) is 13.1 Å². The van der Waals surface area contributed by atoms with Gasteiger partial charge in [0, 0.05) is 62.6 Å². The third kappa shape index (κ3) is 2.99. The Hall–Kier alpha value is -2.41. The van der Waals surface area contributed by atoms with Gasteiger partial charge in [-0.15, -0.1) is 0 Å². The van der Waals surface area contributed by atoms with Gasteiger partial charge in [-0.25, -0.2) is 0 Å². The molecule has 3 rings (SSSR count). The van der Waals surface area contributed by atoms with Crippen LogP contribution in [0.4, 0.5) is 5.69 Å². The Morgan fingerprint density at radius 1 is 1.17 bits per heavy atom. The van der Waals surface area contributed by atoms with E-state index in [1.807, 2.05) is 37.9 Å². The zero-order valence-electron chi connectivity index (χ0n) is 14.3. The summed E-state index contributed by atoms with van der Waals surface area (Å²) in [6.07, 6.45) is 3.56. The number of aliphatic carboxylic acids is 1. The van der Waals surface area contributed by atoms with Crippen LogP contribution in [0.15, 0.2) is 24.5 Å². The number of hydrogen-bond acceptors (Lipinski definition) is 5. The number of carbonyl (C=O) groups is 1. The van der Waals surface area contributed by atoms with Crippen molar-refractivity contribution in [2.75, 3.05) is 31.1 Å². The first-order chi connectivity index (χ1) is 11.5. The topological polar surface area (TPSA) is 74.5 Å². The van der Waals surface area contributed by atoms with E-state index in [-0.39, 0.29) is 0 Å². The average Bonchev–Trinajstić information content (AvgIpc) is 2.83. The van der Waals surface area contributed by atoms with Crippen molar-refractivity contribution in [1.82, 2.24) is 19.7 Å². The predicted molar refractivity (Wildman–Crippen MR) is 91.1 cm³/mol. The van der Waals surface area contributed by atoms with E-state index in [4.69, 9.17) is 0 Å². The minimum atomic E-state index is -0.813. The second kappa shape index (κ2) is 6.60. The number of aromatic nitrogens is 3. The van der Waals surface area contributed by atoms with Gasteiger partial charge >= 0.3 is 5.97 Å². The SMILES string of the molecule is Cc1nn(C)c(C)c1[C@@H](C(=O)O)N1CCN(c2ccncc2)CC1. The highest BCUT2D eigenvalue weighted by atomic mass is 16.4. The van der Waals surface area contributed by atoms with Gasteiger partial charge in [0.05, 0.1) is 5.69 Å². The van der Waals surface area contributed by atoms with Crippen molar-refractivity contribution in [3.8, 4) is 0 Å². The normalized spacial score (nSPS) is 17.0. The molecule has 7 nitrogen and oxygen atoms in total. The number of carboxylic acids is 1. The first-order valence-corrected chi connectivity index (χ1v) is 8.11. The molecule has 0 amide bonds. The molecule has 0 radical (unpaired) electrons. The number of hydrogen-bond donors (Lipinski definition) is 1. The molecule has 0 bridgehead atoms. The Bertz CT molecular complexity index is 720. The third-order valence-electron chi connectivity index (χ3n) is 4.78. The van der Waals surface area contributed by atoms with Crippen LogP contribution in [0.5, 0.6) is 0 Å². The average molecular weight is 329 g/mol. The second-order valence-electron chi connectivity index (χ2n) is 6.18. The van der Waals surface area contributed by atoms with E-state index in [9.17, 15) is 9.90 Å². The monoisotopic (exact) mass is 329 g/mol. The summed E-state index contributed by atoms with van der Waals surface area (Å²) in [7, 11) is 1.85. The molecule has 24 heavy (non-hydrogen) atoms. The van der Waals surface area contributed by atoms with E-state index in [1.54, 1.807) is 17.1 Å². The summed E-state index contributed by atoms with van der Waals surface area (Å²) in [4.78, 5) is 20.3. The lowest BCUT2D eigenvalue weighted by Gasteiger charge is -2.38. The van der Waals surface area contributed by atoms with Crippen LogP contribution in [0.1, 0.15) is 23.0 Å². The van der Waals surface area contributed by atoms with Crippen molar-refractivity contribution in [3.63, 3.8) is 0 Å². The van der Waals surface area contributed by atoms with Crippen molar-refractivity contribution < 1.29 is 9.90 Å². The van der Waals surface area contributed by atoms with Gasteiger partial charge in [0.15, 0.2) is 0 Å². The first kappa shape index (κ1) is 16.4. The number of carboxylic acid groups (broad SMARTS) is 1. The largest absolute Gasteiger partial charge is 0.480 e. The Kier molecular flexibility index (Phi) is 4.53. The fourth-order valence-electron chi connectivity index (χ4n) is 3.44. The molecule has 1 aliphatic heterocycles. The molecule has 1 atom stereocenters. The lowest BCUT2D eigenvalue weighted by Crippen LogP contribution is -2.49. The molecule has 0 saturated carbocycles. The van der Waals surface area contributed by atoms with Crippen LogP contribution in [-0.2, 0) is 11.8 Å². The molecule has 2 aromatic heterocycles. The highest BCUT2D eigenvalue weighted by molar-refractivity contribution is 5.76. The molecule has 0 spiro atoms. The van der Waals surface area contributed by atoms with E-state index >= 15 is 0 Å². The highest BCUT2D eigenvalue weighted by Crippen LogP contribution is 2.28. The number of nitrogens with zero attached hydrogens (tertiary/aromatic N) is 5. The summed E-state index contributed by atoms with van der Waals surface area (Å²) in [6.45, 7) is 6.81. The van der Waals surface area contributed by atoms with Gasteiger partial charge in [-0.3, -0.25) is 19.4 Å². The van der Waals surface area contributed by atoms with E-state index < -0.39 is 12.0 Å². The lowest BCUT2D eigenvalue weighted by molar-refractivity contribution is -0.143. The van der Waals surface area contributed by atoms with Crippen LogP contribution < -0.4 is 4.90 Å². The standard InChI is InChI=1S/C17H23N5O2/c1-12-15(13(2)20(3)19-12)16(17(23)24)22-10-8-21(9-11-22)14-4-6-18-7-5-14/h4-7,16H,8-11H2,1-3H3,(H,23,24)/t16-/m0/s1. The number of piperazine rings is 1. The molecule has 0 unspecified atom stereocenters. The summed E-state index contributed by atoms with van der Waals surface area (Å²) >= 11 is 0. The summed E-state index contributed by atoms with van der Waals surface area (Å²) in [6, 6.07) is 3.33. The third-order valence-corrected chi connectivity index (χ3v) is 4.78. The van der Waals surface area contributed by atoms with Gasteiger partial charge in [0.25, 0.3) is 0 Å². The van der Waals surface area contributed by atoms with Gasteiger partial charge < -0.3 is 10.0 Å². The van der Waals surface area contributed by atoms with Gasteiger partial charge in [-0.1, -0.05) is 0 Å². The van der Waals surface area contributed by atoms with Crippen LogP contribution in [0.2, 0.25) is 0 Å². The number of pyridine rings is 1. The molecular weight excluding hydrogens is 306 g/mol. The molecule has 2 aromatic rings. The smallest absolute Gasteiger partial charge is 0.325 e. The zero-order valence-corrected chi connectivity index (χ0v) is 14.3. The van der Waals surface area contributed by atoms with Crippen molar-refractivity contribution in [2.24, 2.45) is 7.05 Å². The minimum absolute atomic E-state index is 0.640. The number of anilines is 1. The molecule has 1 saturated heterocycles. The first-order valence-electron chi connectivity index (χ1n) is 8.11. The number of rotatable bonds is 4. The van der Waals surface area contributed by atoms with E-state index in [1.165, 1.54) is 0 Å². The number of aryl methyl sites for hydroxylation is 2. The maximum atomic E-state index is 12.0. The van der Waals surface area contributed by atoms with E-state index in [2.05, 4.69) is 15.0 Å². The fraction of sp³-hybridized carbons (Fsp3) is 0.471. The summed E-state index contributed by atoms with van der Waals surface area (Å²) in [5.41, 5.74) is 3.66. The van der Waals surface area contributed by atoms with Crippen molar-refractivity contribution in [1.29, 1.82) is 0 Å². The summed E-state index contributed by atoms with van der Waals surface area (Å²) in [5, 5.41) is 14.2. The van der Waals surface area contributed by atoms with Crippen molar-refractivity contribution in [3.05, 3.63) is 41.5 Å². The quantitative estimate of drug-likeness (QED) is 0.913. The Labute approximate surface area is 141 Å². The molecule has 7 heteroatoms. The summed E-state index contributed by atoms with van der Waals surface area (Å²) in [5.74, 6) is -0.813. The molecule has 1 aliphatic rings. The van der Waals surface area contributed by atoms with Crippen LogP contribution in [-0.4, -0.2) is 56.9 Å². The van der Waals surface area contributed by atoms with Gasteiger partial charge in [-0.05, 0) is 26.0 Å². The molecule has 0 aromatic carbocycles. The van der Waals surface area contributed by atoms with Crippen LogP contribution in [0.25, 0.3) is 0 Å². The molecule has 3 heterocycles. The van der Waals surface area contributed by atoms with Gasteiger partial charge in [0.2, 0.25) is 0 Å². The molecule has 1 N–H and O–H groups in total. The van der Waals surface area contributed by atoms with Crippen LogP contribution in [0.3, 0.4) is 0 Å². The van der Waals surface area contributed by atoms with Crippen LogP contribution in [0, 0.1) is 13.8 Å². The second-order valence-corrected chi connectivity index (χ2v) is 6.18. The predicted octanol–water partition coefficient (Wildman–Crippen LogP) is 1.38. The summed E-state index contributed by atoms with van der Waals surface area (Å²) < 4.78 is 1.76.